The summed E-state index contributed by atoms with van der Waals surface area (Å²) in [5.74, 6) is -0.739. The zero-order chi connectivity index (χ0) is 39.1. The maximum absolute atomic E-state index is 15.9. The van der Waals surface area contributed by atoms with E-state index in [9.17, 15) is 9.18 Å². The smallest absolute Gasteiger partial charge is 0.319 e. The lowest BCUT2D eigenvalue weighted by atomic mass is 9.95. The fraction of sp³-hybridized carbons (Fsp3) is 0.400. The lowest BCUT2D eigenvalue weighted by Gasteiger charge is -2.32. The molecule has 8 rings (SSSR count). The lowest BCUT2D eigenvalue weighted by Crippen LogP contribution is -2.43. The highest BCUT2D eigenvalue weighted by Crippen LogP contribution is 2.43. The van der Waals surface area contributed by atoms with Crippen molar-refractivity contribution in [3.8, 4) is 23.3 Å². The van der Waals surface area contributed by atoms with E-state index >= 15 is 8.78 Å². The molecule has 2 aromatic heterocycles. The van der Waals surface area contributed by atoms with Crippen molar-refractivity contribution in [3.63, 3.8) is 0 Å². The van der Waals surface area contributed by atoms with Crippen LogP contribution in [-0.4, -0.2) is 94.7 Å². The van der Waals surface area contributed by atoms with Gasteiger partial charge in [0.2, 0.25) is 0 Å². The number of methoxy groups -OCH3 is 3. The molecule has 3 aliphatic heterocycles. The highest BCUT2D eigenvalue weighted by molar-refractivity contribution is 9.10. The summed E-state index contributed by atoms with van der Waals surface area (Å²) in [6.45, 7) is 2.76. The van der Waals surface area contributed by atoms with Crippen LogP contribution in [0.2, 0.25) is 0 Å². The van der Waals surface area contributed by atoms with E-state index in [0.29, 0.717) is 56.3 Å². The van der Waals surface area contributed by atoms with Crippen LogP contribution in [0.4, 0.5) is 19.0 Å². The zero-order valence-corrected chi connectivity index (χ0v) is 32.8. The molecular formula is C40H41BrF3N7O5. The number of carbonyl (C=O) groups is 1. The molecule has 0 N–H and O–H groups in total. The number of rotatable bonds is 12. The van der Waals surface area contributed by atoms with Crippen LogP contribution >= 0.6 is 15.9 Å². The molecule has 56 heavy (non-hydrogen) atoms. The number of ether oxygens (including phenoxy) is 4. The summed E-state index contributed by atoms with van der Waals surface area (Å²) in [6, 6.07) is 16.7. The maximum atomic E-state index is 15.9. The van der Waals surface area contributed by atoms with Gasteiger partial charge in [0.05, 0.1) is 55.5 Å². The number of nitrogens with zero attached hydrogens (tertiary/aromatic N) is 7. The van der Waals surface area contributed by atoms with Crippen molar-refractivity contribution in [3.05, 3.63) is 93.2 Å². The van der Waals surface area contributed by atoms with Gasteiger partial charge < -0.3 is 28.7 Å². The monoisotopic (exact) mass is 835 g/mol. The molecule has 0 spiro atoms. The number of benzene rings is 3. The van der Waals surface area contributed by atoms with Gasteiger partial charge in [0.15, 0.2) is 23.1 Å². The minimum atomic E-state index is -0.959. The van der Waals surface area contributed by atoms with Crippen molar-refractivity contribution in [2.75, 3.05) is 52.5 Å². The molecule has 16 heteroatoms. The van der Waals surface area contributed by atoms with Gasteiger partial charge >= 0.3 is 6.01 Å². The van der Waals surface area contributed by atoms with Gasteiger partial charge in [-0.2, -0.15) is 15.1 Å². The molecule has 0 bridgehead atoms. The normalized spacial score (nSPS) is 19.2. The summed E-state index contributed by atoms with van der Waals surface area (Å²) in [5, 5.41) is 4.76. The quantitative estimate of drug-likeness (QED) is 0.126. The SMILES string of the molecule is COc1ccc(CN(Cc2ccc(OC)cc2)C(=O)c2cc3n(n2)CCN(c2nc(OC[C@@]45CCCN4C[C@H](F)C5)nc4c(F)c(Br)c(F)c(OC)c24)C3)cc1. The van der Waals surface area contributed by atoms with E-state index in [1.165, 1.54) is 7.11 Å². The van der Waals surface area contributed by atoms with Crippen LogP contribution < -0.4 is 23.8 Å². The first-order chi connectivity index (χ1) is 27.1. The van der Waals surface area contributed by atoms with E-state index in [1.54, 1.807) is 29.9 Å². The Kier molecular flexibility index (Phi) is 10.4. The summed E-state index contributed by atoms with van der Waals surface area (Å²) in [5.41, 5.74) is 2.09. The van der Waals surface area contributed by atoms with E-state index in [1.807, 2.05) is 53.4 Å². The molecule has 0 aliphatic carbocycles. The van der Waals surface area contributed by atoms with Gasteiger partial charge in [-0.25, -0.2) is 13.2 Å². The van der Waals surface area contributed by atoms with Crippen LogP contribution in [0.3, 0.4) is 0 Å². The number of fused-ring (bicyclic) bond motifs is 3. The van der Waals surface area contributed by atoms with Crippen molar-refractivity contribution < 1.29 is 36.9 Å². The van der Waals surface area contributed by atoms with E-state index in [0.717, 1.165) is 30.5 Å². The number of amides is 1. The van der Waals surface area contributed by atoms with E-state index < -0.39 is 27.8 Å². The topological polar surface area (TPSA) is 107 Å². The molecule has 0 saturated carbocycles. The van der Waals surface area contributed by atoms with Crippen molar-refractivity contribution in [2.45, 2.75) is 57.2 Å². The van der Waals surface area contributed by atoms with Gasteiger partial charge in [0.25, 0.3) is 5.91 Å². The van der Waals surface area contributed by atoms with E-state index in [2.05, 4.69) is 25.8 Å². The number of carbonyl (C=O) groups excluding carboxylic acids is 1. The van der Waals surface area contributed by atoms with Crippen LogP contribution in [0, 0.1) is 11.6 Å². The van der Waals surface area contributed by atoms with E-state index in [4.69, 9.17) is 29.0 Å². The Morgan fingerprint density at radius 3 is 2.25 bits per heavy atom. The van der Waals surface area contributed by atoms with Crippen molar-refractivity contribution in [2.24, 2.45) is 0 Å². The molecule has 3 aromatic carbocycles. The average molecular weight is 837 g/mol. The third-order valence-electron chi connectivity index (χ3n) is 11.0. The molecule has 2 saturated heterocycles. The Hall–Kier alpha value is -5.09. The molecule has 2 fully saturated rings. The number of halogens is 4. The summed E-state index contributed by atoms with van der Waals surface area (Å²) >= 11 is 3.02. The van der Waals surface area contributed by atoms with Gasteiger partial charge in [-0.3, -0.25) is 14.4 Å². The van der Waals surface area contributed by atoms with Crippen LogP contribution in [-0.2, 0) is 26.2 Å². The third-order valence-corrected chi connectivity index (χ3v) is 11.7. The first kappa shape index (κ1) is 37.8. The second-order valence-corrected chi connectivity index (χ2v) is 15.2. The molecule has 0 radical (unpaired) electrons. The van der Waals surface area contributed by atoms with Crippen LogP contribution in [0.1, 0.15) is 46.6 Å². The Balaban J connectivity index is 1.10. The van der Waals surface area contributed by atoms with Gasteiger partial charge in [-0.1, -0.05) is 24.3 Å². The molecule has 12 nitrogen and oxygen atoms in total. The Morgan fingerprint density at radius 1 is 0.929 bits per heavy atom. The fourth-order valence-electron chi connectivity index (χ4n) is 8.16. The number of alkyl halides is 1. The molecule has 3 aliphatic rings. The van der Waals surface area contributed by atoms with Crippen LogP contribution in [0.15, 0.2) is 59.1 Å². The second kappa shape index (κ2) is 15.4. The number of hydrogen-bond donors (Lipinski definition) is 0. The fourth-order valence-corrected chi connectivity index (χ4v) is 8.52. The molecule has 5 aromatic rings. The molecule has 1 amide bonds. The first-order valence-electron chi connectivity index (χ1n) is 18.4. The van der Waals surface area contributed by atoms with Gasteiger partial charge in [-0.15, -0.1) is 0 Å². The Labute approximate surface area is 330 Å². The van der Waals surface area contributed by atoms with Crippen molar-refractivity contribution in [1.29, 1.82) is 0 Å². The third kappa shape index (κ3) is 7.08. The molecule has 0 unspecified atom stereocenters. The van der Waals surface area contributed by atoms with Crippen LogP contribution in [0.25, 0.3) is 10.9 Å². The van der Waals surface area contributed by atoms with Gasteiger partial charge in [0.1, 0.15) is 35.6 Å². The summed E-state index contributed by atoms with van der Waals surface area (Å²) in [7, 11) is 4.50. The predicted molar refractivity (Wildman–Crippen MR) is 205 cm³/mol. The van der Waals surface area contributed by atoms with E-state index in [-0.39, 0.29) is 53.2 Å². The minimum Gasteiger partial charge on any atom is -0.497 e. The summed E-state index contributed by atoms with van der Waals surface area (Å²) < 4.78 is 69.6. The summed E-state index contributed by atoms with van der Waals surface area (Å²) in [6.07, 6.45) is 1.06. The van der Waals surface area contributed by atoms with Crippen molar-refractivity contribution in [1.82, 2.24) is 29.5 Å². The standard InChI is InChI=1S/C40H41BrF3N7O5/c1-53-28-9-5-24(6-10-28)19-49(20-25-7-11-29(54-2)12-8-25)38(52)30-17-27-22-48(15-16-51(27)47-30)37-31-35(33(43)32(41)34(44)36(31)55-3)45-39(46-37)56-23-40-13-4-14-50(40)21-26(42)18-40/h5-12,17,26H,4,13-16,18-23H2,1-3H3/t26-,40+/m1/s1. The summed E-state index contributed by atoms with van der Waals surface area (Å²) in [4.78, 5) is 29.1. The zero-order valence-electron chi connectivity index (χ0n) is 31.2. The second-order valence-electron chi connectivity index (χ2n) is 14.4. The Morgan fingerprint density at radius 2 is 1.61 bits per heavy atom. The molecule has 5 heterocycles. The first-order valence-corrected chi connectivity index (χ1v) is 19.2. The lowest BCUT2D eigenvalue weighted by molar-refractivity contribution is 0.0723. The highest BCUT2D eigenvalue weighted by Gasteiger charge is 2.49. The molecular weight excluding hydrogens is 795 g/mol. The Bertz CT molecular complexity index is 2210. The van der Waals surface area contributed by atoms with Crippen LogP contribution in [0.5, 0.6) is 23.3 Å². The van der Waals surface area contributed by atoms with Gasteiger partial charge in [-0.05, 0) is 76.8 Å². The number of anilines is 1. The predicted octanol–water partition coefficient (Wildman–Crippen LogP) is 6.71. The number of hydrogen-bond acceptors (Lipinski definition) is 10. The molecule has 294 valence electrons. The molecule has 2 atom stereocenters. The maximum Gasteiger partial charge on any atom is 0.319 e. The average Bonchev–Trinajstić information content (AvgIpc) is 3.91. The minimum absolute atomic E-state index is 0.0396. The highest BCUT2D eigenvalue weighted by atomic mass is 79.9. The number of aromatic nitrogens is 4. The van der Waals surface area contributed by atoms with Gasteiger partial charge in [0, 0.05) is 32.6 Å². The van der Waals surface area contributed by atoms with Crippen molar-refractivity contribution >= 4 is 38.6 Å². The largest absolute Gasteiger partial charge is 0.497 e.